The Morgan fingerprint density at radius 3 is 2.90 bits per heavy atom. The minimum Gasteiger partial charge on any atom is -0.496 e. The van der Waals surface area contributed by atoms with Crippen LogP contribution in [0.4, 0.5) is 0 Å². The third kappa shape index (κ3) is 3.59. The standard InChI is InChI=1S/C15H20N2O3/c1-11-4-5-14(19-3)13(8-11)15-17-12(10-20-15)9-16-6-7-18-2/h4-5,8,10,16H,6-7,9H2,1-3H3. The van der Waals surface area contributed by atoms with Crippen LogP contribution in [0.25, 0.3) is 11.5 Å². The van der Waals surface area contributed by atoms with Crippen LogP contribution in [0.1, 0.15) is 11.3 Å². The fraction of sp³-hybridized carbons (Fsp3) is 0.400. The molecule has 1 N–H and O–H groups in total. The van der Waals surface area contributed by atoms with Gasteiger partial charge in [0.05, 0.1) is 25.0 Å². The Bertz CT molecular complexity index is 552. The zero-order chi connectivity index (χ0) is 14.4. The number of nitrogens with one attached hydrogen (secondary N) is 1. The van der Waals surface area contributed by atoms with Gasteiger partial charge in [-0.2, -0.15) is 0 Å². The Morgan fingerprint density at radius 1 is 1.30 bits per heavy atom. The lowest BCUT2D eigenvalue weighted by molar-refractivity contribution is 0.199. The Balaban J connectivity index is 2.10. The zero-order valence-electron chi connectivity index (χ0n) is 12.1. The van der Waals surface area contributed by atoms with Crippen molar-refractivity contribution in [2.24, 2.45) is 0 Å². The molecule has 0 saturated carbocycles. The van der Waals surface area contributed by atoms with Crippen LogP contribution in [0, 0.1) is 6.92 Å². The quantitative estimate of drug-likeness (QED) is 0.787. The molecule has 1 heterocycles. The minimum absolute atomic E-state index is 0.578. The lowest BCUT2D eigenvalue weighted by atomic mass is 10.1. The summed E-state index contributed by atoms with van der Waals surface area (Å²) in [6, 6.07) is 5.93. The van der Waals surface area contributed by atoms with Crippen molar-refractivity contribution >= 4 is 0 Å². The van der Waals surface area contributed by atoms with Gasteiger partial charge in [-0.15, -0.1) is 0 Å². The summed E-state index contributed by atoms with van der Waals surface area (Å²) in [4.78, 5) is 4.48. The van der Waals surface area contributed by atoms with Gasteiger partial charge in [-0.25, -0.2) is 4.98 Å². The van der Waals surface area contributed by atoms with Gasteiger partial charge in [-0.1, -0.05) is 11.6 Å². The summed E-state index contributed by atoms with van der Waals surface area (Å²) in [6.45, 7) is 4.14. The highest BCUT2D eigenvalue weighted by Crippen LogP contribution is 2.30. The number of nitrogens with zero attached hydrogens (tertiary/aromatic N) is 1. The first-order chi connectivity index (χ1) is 9.74. The zero-order valence-corrected chi connectivity index (χ0v) is 12.1. The van der Waals surface area contributed by atoms with E-state index < -0.39 is 0 Å². The maximum absolute atomic E-state index is 5.54. The van der Waals surface area contributed by atoms with Gasteiger partial charge < -0.3 is 19.2 Å². The van der Waals surface area contributed by atoms with Crippen molar-refractivity contribution in [2.45, 2.75) is 13.5 Å². The smallest absolute Gasteiger partial charge is 0.229 e. The van der Waals surface area contributed by atoms with Crippen molar-refractivity contribution < 1.29 is 13.9 Å². The molecule has 0 spiro atoms. The van der Waals surface area contributed by atoms with Crippen molar-refractivity contribution in [1.82, 2.24) is 10.3 Å². The molecule has 1 aromatic heterocycles. The van der Waals surface area contributed by atoms with Crippen molar-refractivity contribution in [3.63, 3.8) is 0 Å². The summed E-state index contributed by atoms with van der Waals surface area (Å²) < 4.78 is 15.9. The second kappa shape index (κ2) is 7.07. The van der Waals surface area contributed by atoms with E-state index in [4.69, 9.17) is 13.9 Å². The van der Waals surface area contributed by atoms with Gasteiger partial charge in [0.25, 0.3) is 0 Å². The van der Waals surface area contributed by atoms with E-state index in [-0.39, 0.29) is 0 Å². The Morgan fingerprint density at radius 2 is 2.15 bits per heavy atom. The number of aromatic nitrogens is 1. The van der Waals surface area contributed by atoms with Crippen LogP contribution in [0.15, 0.2) is 28.9 Å². The fourth-order valence-corrected chi connectivity index (χ4v) is 1.89. The van der Waals surface area contributed by atoms with Gasteiger partial charge in [-0.3, -0.25) is 0 Å². The van der Waals surface area contributed by atoms with Gasteiger partial charge in [0.2, 0.25) is 5.89 Å². The van der Waals surface area contributed by atoms with E-state index in [0.29, 0.717) is 19.0 Å². The number of methoxy groups -OCH3 is 2. The highest BCUT2D eigenvalue weighted by Gasteiger charge is 2.12. The van der Waals surface area contributed by atoms with E-state index in [9.17, 15) is 0 Å². The summed E-state index contributed by atoms with van der Waals surface area (Å²) in [5, 5.41) is 3.23. The predicted octanol–water partition coefficient (Wildman–Crippen LogP) is 2.39. The topological polar surface area (TPSA) is 56.5 Å². The molecule has 0 bridgehead atoms. The molecule has 5 heteroatoms. The molecular formula is C15H20N2O3. The average Bonchev–Trinajstić information content (AvgIpc) is 2.92. The molecule has 1 aromatic carbocycles. The molecule has 2 rings (SSSR count). The van der Waals surface area contributed by atoms with Crippen LogP contribution in [-0.4, -0.2) is 32.4 Å². The molecule has 0 aliphatic heterocycles. The van der Waals surface area contributed by atoms with Gasteiger partial charge in [0.15, 0.2) is 0 Å². The highest BCUT2D eigenvalue weighted by atomic mass is 16.5. The number of oxazole rings is 1. The number of hydrogen-bond donors (Lipinski definition) is 1. The van der Waals surface area contributed by atoms with Crippen LogP contribution >= 0.6 is 0 Å². The van der Waals surface area contributed by atoms with Gasteiger partial charge in [-0.05, 0) is 19.1 Å². The van der Waals surface area contributed by atoms with E-state index >= 15 is 0 Å². The maximum Gasteiger partial charge on any atom is 0.229 e. The third-order valence-electron chi connectivity index (χ3n) is 2.93. The van der Waals surface area contributed by atoms with E-state index in [1.807, 2.05) is 25.1 Å². The second-order valence-corrected chi connectivity index (χ2v) is 4.52. The Kier molecular flexibility index (Phi) is 5.15. The minimum atomic E-state index is 0.578. The average molecular weight is 276 g/mol. The third-order valence-corrected chi connectivity index (χ3v) is 2.93. The first kappa shape index (κ1) is 14.6. The van der Waals surface area contributed by atoms with Crippen LogP contribution in [-0.2, 0) is 11.3 Å². The van der Waals surface area contributed by atoms with Crippen LogP contribution < -0.4 is 10.1 Å². The molecule has 0 atom stereocenters. The number of benzene rings is 1. The maximum atomic E-state index is 5.54. The lowest BCUT2D eigenvalue weighted by Crippen LogP contribution is -2.18. The normalized spacial score (nSPS) is 10.8. The molecule has 5 nitrogen and oxygen atoms in total. The molecule has 0 radical (unpaired) electrons. The Hall–Kier alpha value is -1.85. The van der Waals surface area contributed by atoms with E-state index in [2.05, 4.69) is 10.3 Å². The largest absolute Gasteiger partial charge is 0.496 e. The van der Waals surface area contributed by atoms with Gasteiger partial charge >= 0.3 is 0 Å². The van der Waals surface area contributed by atoms with Crippen molar-refractivity contribution in [2.75, 3.05) is 27.4 Å². The van der Waals surface area contributed by atoms with Crippen molar-refractivity contribution in [3.8, 4) is 17.2 Å². The molecule has 2 aromatic rings. The first-order valence-electron chi connectivity index (χ1n) is 6.53. The summed E-state index contributed by atoms with van der Waals surface area (Å²) in [5.41, 5.74) is 2.87. The van der Waals surface area contributed by atoms with Crippen LogP contribution in [0.2, 0.25) is 0 Å². The van der Waals surface area contributed by atoms with Gasteiger partial charge in [0, 0.05) is 20.2 Å². The molecule has 0 saturated heterocycles. The molecule has 0 aliphatic carbocycles. The summed E-state index contributed by atoms with van der Waals surface area (Å²) >= 11 is 0. The summed E-state index contributed by atoms with van der Waals surface area (Å²) in [5.74, 6) is 1.34. The van der Waals surface area contributed by atoms with Crippen LogP contribution in [0.5, 0.6) is 5.75 Å². The number of aryl methyl sites for hydroxylation is 1. The second-order valence-electron chi connectivity index (χ2n) is 4.52. The fourth-order valence-electron chi connectivity index (χ4n) is 1.89. The SMILES string of the molecule is COCCNCc1coc(-c2cc(C)ccc2OC)n1. The highest BCUT2D eigenvalue weighted by molar-refractivity contribution is 5.63. The monoisotopic (exact) mass is 276 g/mol. The van der Waals surface area contributed by atoms with E-state index in [0.717, 1.165) is 29.1 Å². The Labute approximate surface area is 118 Å². The lowest BCUT2D eigenvalue weighted by Gasteiger charge is -2.05. The first-order valence-corrected chi connectivity index (χ1v) is 6.53. The predicted molar refractivity (Wildman–Crippen MR) is 76.8 cm³/mol. The van der Waals surface area contributed by atoms with E-state index in [1.54, 1.807) is 20.5 Å². The molecule has 108 valence electrons. The summed E-state index contributed by atoms with van der Waals surface area (Å²) in [6.07, 6.45) is 1.66. The molecule has 0 amide bonds. The number of hydrogen-bond acceptors (Lipinski definition) is 5. The molecule has 20 heavy (non-hydrogen) atoms. The molecule has 0 fully saturated rings. The van der Waals surface area contributed by atoms with Gasteiger partial charge in [0.1, 0.15) is 12.0 Å². The van der Waals surface area contributed by atoms with E-state index in [1.165, 1.54) is 0 Å². The molecule has 0 unspecified atom stereocenters. The molecular weight excluding hydrogens is 256 g/mol. The summed E-state index contributed by atoms with van der Waals surface area (Å²) in [7, 11) is 3.32. The van der Waals surface area contributed by atoms with Crippen LogP contribution in [0.3, 0.4) is 0 Å². The number of rotatable bonds is 7. The molecule has 0 aliphatic rings. The number of ether oxygens (including phenoxy) is 2. The van der Waals surface area contributed by atoms with Crippen molar-refractivity contribution in [3.05, 3.63) is 35.7 Å². The van der Waals surface area contributed by atoms with Crippen molar-refractivity contribution in [1.29, 1.82) is 0 Å².